The van der Waals surface area contributed by atoms with Crippen LogP contribution in [0, 0.1) is 5.92 Å². The van der Waals surface area contributed by atoms with E-state index < -0.39 is 8.45 Å². The molecule has 0 aromatic heterocycles. The Bertz CT molecular complexity index is 371. The number of hydrogen-bond acceptors (Lipinski definition) is 6. The average Bonchev–Trinajstić information content (AvgIpc) is 2.51. The zero-order valence-corrected chi connectivity index (χ0v) is 20.9. The molecule has 0 aliphatic heterocycles. The number of hydrogen-bond donors (Lipinski definition) is 0. The van der Waals surface area contributed by atoms with Gasteiger partial charge in [0.2, 0.25) is 0 Å². The lowest BCUT2D eigenvalue weighted by atomic mass is 10.3. The molecule has 0 radical (unpaired) electrons. The summed E-state index contributed by atoms with van der Waals surface area (Å²) in [5.41, 5.74) is 0. The highest BCUT2D eigenvalue weighted by Gasteiger charge is 2.34. The fraction of sp³-hybridized carbons (Fsp3) is 0.950. The zero-order valence-electron chi connectivity index (χ0n) is 19.2. The lowest BCUT2D eigenvalue weighted by Gasteiger charge is -2.45. The zero-order chi connectivity index (χ0) is 21.1. The van der Waals surface area contributed by atoms with E-state index in [1.54, 1.807) is 0 Å². The Kier molecular flexibility index (Phi) is 14.5. The molecule has 0 aliphatic rings. The van der Waals surface area contributed by atoms with E-state index in [-0.39, 0.29) is 11.0 Å². The topological polar surface area (TPSA) is 42.0 Å². The summed E-state index contributed by atoms with van der Waals surface area (Å²) < 4.78 is 16.9. The van der Waals surface area contributed by atoms with Crippen LogP contribution in [-0.4, -0.2) is 57.8 Å². The van der Waals surface area contributed by atoms with Crippen molar-refractivity contribution in [3.63, 3.8) is 0 Å². The van der Waals surface area contributed by atoms with E-state index in [4.69, 9.17) is 9.26 Å². The predicted molar refractivity (Wildman–Crippen MR) is 120 cm³/mol. The molecular weight excluding hydrogens is 379 g/mol. The van der Waals surface area contributed by atoms with Gasteiger partial charge in [0.1, 0.15) is 0 Å². The monoisotopic (exact) mass is 422 g/mol. The van der Waals surface area contributed by atoms with Crippen molar-refractivity contribution in [1.29, 1.82) is 0 Å². The molecule has 0 N–H and O–H groups in total. The maximum absolute atomic E-state index is 11.6. The highest BCUT2D eigenvalue weighted by atomic mass is 32.2. The maximum atomic E-state index is 11.6. The lowest BCUT2D eigenvalue weighted by Crippen LogP contribution is -2.43. The Balaban J connectivity index is 4.67. The summed E-state index contributed by atoms with van der Waals surface area (Å²) in [5.74, 6) is 0.902. The molecule has 0 aromatic carbocycles. The summed E-state index contributed by atoms with van der Waals surface area (Å²) in [6.45, 7) is 22.6. The molecule has 0 rings (SSSR count). The third kappa shape index (κ3) is 10.6. The van der Waals surface area contributed by atoms with E-state index in [1.165, 1.54) is 11.8 Å². The minimum absolute atomic E-state index is 0.0962. The van der Waals surface area contributed by atoms with Gasteiger partial charge >= 0.3 is 0 Å². The van der Waals surface area contributed by atoms with Crippen LogP contribution in [0.15, 0.2) is 0 Å². The molecule has 0 saturated carbocycles. The van der Waals surface area contributed by atoms with Crippen LogP contribution in [0.2, 0.25) is 0 Å². The maximum Gasteiger partial charge on any atom is 0.191 e. The van der Waals surface area contributed by atoms with Crippen LogP contribution in [-0.2, 0) is 14.1 Å². The van der Waals surface area contributed by atoms with Crippen LogP contribution in [0.25, 0.3) is 0 Å². The Morgan fingerprint density at radius 3 is 1.67 bits per heavy atom. The van der Waals surface area contributed by atoms with E-state index >= 15 is 0 Å². The Hall–Kier alpha value is 0.290. The molecule has 0 amide bonds. The van der Waals surface area contributed by atoms with Crippen molar-refractivity contribution in [2.45, 2.75) is 99.8 Å². The van der Waals surface area contributed by atoms with Crippen LogP contribution >= 0.6 is 20.2 Å². The smallest absolute Gasteiger partial charge is 0.191 e. The molecule has 0 unspecified atom stereocenters. The van der Waals surface area contributed by atoms with Crippen molar-refractivity contribution in [3.8, 4) is 0 Å². The van der Waals surface area contributed by atoms with Crippen LogP contribution in [0.1, 0.15) is 75.7 Å². The van der Waals surface area contributed by atoms with Gasteiger partial charge in [-0.05, 0) is 61.8 Å². The molecule has 162 valence electrons. The predicted octanol–water partition coefficient (Wildman–Crippen LogP) is 5.75. The van der Waals surface area contributed by atoms with Gasteiger partial charge in [0, 0.05) is 35.8 Å². The molecule has 0 aliphatic carbocycles. The molecule has 0 spiro atoms. The third-order valence-corrected chi connectivity index (χ3v) is 8.13. The van der Waals surface area contributed by atoms with E-state index in [1.807, 2.05) is 13.8 Å². The van der Waals surface area contributed by atoms with Crippen molar-refractivity contribution in [2.75, 3.05) is 19.2 Å². The van der Waals surface area contributed by atoms with E-state index in [9.17, 15) is 4.79 Å². The molecule has 27 heavy (non-hydrogen) atoms. The fourth-order valence-electron chi connectivity index (χ4n) is 2.88. The minimum Gasteiger partial charge on any atom is -0.355 e. The summed E-state index contributed by atoms with van der Waals surface area (Å²) in [6.07, 6.45) is 0.862. The first kappa shape index (κ1) is 27.3. The molecule has 0 aromatic rings. The standard InChI is InChI=1S/C20H43N2O3PS/c1-15(2)20(23)27-13-11-12-24-14-25-26(21(16(3)4)17(5)6)22(18(7)8)19(9)10/h15-19H,11-14H2,1-10H3. The highest BCUT2D eigenvalue weighted by molar-refractivity contribution is 8.13. The molecular formula is C20H43N2O3PS. The quantitative estimate of drug-likeness (QED) is 0.202. The summed E-state index contributed by atoms with van der Waals surface area (Å²) in [4.78, 5) is 11.6. The summed E-state index contributed by atoms with van der Waals surface area (Å²) in [7, 11) is -0.906. The van der Waals surface area contributed by atoms with E-state index in [0.717, 1.165) is 12.2 Å². The van der Waals surface area contributed by atoms with Gasteiger partial charge in [-0.2, -0.15) is 0 Å². The van der Waals surface area contributed by atoms with Crippen molar-refractivity contribution in [1.82, 2.24) is 9.34 Å². The first-order valence-corrected chi connectivity index (χ1v) is 12.4. The normalized spacial score (nSPS) is 13.0. The fourth-order valence-corrected chi connectivity index (χ4v) is 5.93. The molecule has 0 bridgehead atoms. The number of rotatable bonds is 14. The second-order valence-corrected chi connectivity index (χ2v) is 11.0. The number of nitrogens with zero attached hydrogens (tertiary/aromatic N) is 2. The first-order valence-electron chi connectivity index (χ1n) is 10.2. The van der Waals surface area contributed by atoms with Crippen LogP contribution < -0.4 is 0 Å². The van der Waals surface area contributed by atoms with Crippen molar-refractivity contribution in [3.05, 3.63) is 0 Å². The lowest BCUT2D eigenvalue weighted by molar-refractivity contribution is -0.113. The van der Waals surface area contributed by atoms with Gasteiger partial charge in [0.05, 0.1) is 6.61 Å². The van der Waals surface area contributed by atoms with E-state index in [2.05, 4.69) is 64.7 Å². The number of carbonyl (C=O) groups is 1. The number of carbonyl (C=O) groups excluding carboxylic acids is 1. The van der Waals surface area contributed by atoms with Crippen LogP contribution in [0.3, 0.4) is 0 Å². The summed E-state index contributed by atoms with van der Waals surface area (Å²) in [6, 6.07) is 1.59. The van der Waals surface area contributed by atoms with Gasteiger partial charge in [-0.1, -0.05) is 25.6 Å². The van der Waals surface area contributed by atoms with Crippen LogP contribution in [0.5, 0.6) is 0 Å². The highest BCUT2D eigenvalue weighted by Crippen LogP contribution is 2.50. The Morgan fingerprint density at radius 2 is 1.30 bits per heavy atom. The molecule has 5 nitrogen and oxygen atoms in total. The van der Waals surface area contributed by atoms with Crippen molar-refractivity contribution >= 4 is 25.3 Å². The van der Waals surface area contributed by atoms with Gasteiger partial charge in [-0.25, -0.2) is 9.34 Å². The summed E-state index contributed by atoms with van der Waals surface area (Å²) in [5, 5.41) is 0.254. The van der Waals surface area contributed by atoms with Gasteiger partial charge in [-0.3, -0.25) is 4.79 Å². The first-order chi connectivity index (χ1) is 12.5. The van der Waals surface area contributed by atoms with E-state index in [0.29, 0.717) is 37.6 Å². The molecule has 7 heteroatoms. The third-order valence-electron chi connectivity index (χ3n) is 3.91. The molecule has 0 heterocycles. The van der Waals surface area contributed by atoms with Crippen molar-refractivity contribution < 1.29 is 14.1 Å². The Labute approximate surface area is 173 Å². The molecule has 0 saturated heterocycles. The molecule has 0 atom stereocenters. The SMILES string of the molecule is CC(C)C(=O)SCCCOCOP(N(C(C)C)C(C)C)N(C(C)C)C(C)C. The van der Waals surface area contributed by atoms with Gasteiger partial charge < -0.3 is 9.26 Å². The van der Waals surface area contributed by atoms with Crippen molar-refractivity contribution in [2.24, 2.45) is 5.92 Å². The van der Waals surface area contributed by atoms with Gasteiger partial charge in [0.15, 0.2) is 20.4 Å². The van der Waals surface area contributed by atoms with Gasteiger partial charge in [0.25, 0.3) is 0 Å². The average molecular weight is 423 g/mol. The minimum atomic E-state index is -0.906. The Morgan fingerprint density at radius 1 is 0.852 bits per heavy atom. The second-order valence-electron chi connectivity index (χ2n) is 8.22. The van der Waals surface area contributed by atoms with Gasteiger partial charge in [-0.15, -0.1) is 0 Å². The number of ether oxygens (including phenoxy) is 1. The second kappa shape index (κ2) is 14.3. The molecule has 0 fully saturated rings. The largest absolute Gasteiger partial charge is 0.355 e. The summed E-state index contributed by atoms with van der Waals surface area (Å²) >= 11 is 1.40. The van der Waals surface area contributed by atoms with Crippen LogP contribution in [0.4, 0.5) is 0 Å². The number of thioether (sulfide) groups is 1.